The summed E-state index contributed by atoms with van der Waals surface area (Å²) in [7, 11) is 0. The molecule has 188 valence electrons. The maximum absolute atomic E-state index is 14.4. The van der Waals surface area contributed by atoms with Crippen molar-refractivity contribution in [3.05, 3.63) is 53.1 Å². The molecular weight excluding hydrogens is 455 g/mol. The molecule has 2 aliphatic rings. The molecule has 2 aromatic rings. The number of halogens is 3. The average Bonchev–Trinajstić information content (AvgIpc) is 3.45. The Hall–Kier alpha value is -3.03. The van der Waals surface area contributed by atoms with Crippen LogP contribution in [0.15, 0.2) is 36.4 Å². The predicted octanol–water partition coefficient (Wildman–Crippen LogP) is 5.75. The lowest BCUT2D eigenvalue weighted by atomic mass is 9.75. The summed E-state index contributed by atoms with van der Waals surface area (Å²) in [5.74, 6) is -1.19. The lowest BCUT2D eigenvalue weighted by Gasteiger charge is -2.37. The SMILES string of the molecule is CC[C@@]1(C(=O)N(c2cc(N3CCCC3)cc(C(F)(F)F)c2)c2c(C)cccc2C)CNC(=O)C1C. The van der Waals surface area contributed by atoms with Crippen molar-refractivity contribution in [2.75, 3.05) is 29.4 Å². The number of aryl methyl sites for hydroxylation is 2. The topological polar surface area (TPSA) is 52.7 Å². The third-order valence-corrected chi connectivity index (χ3v) is 7.68. The van der Waals surface area contributed by atoms with E-state index in [0.29, 0.717) is 30.9 Å². The predicted molar refractivity (Wildman–Crippen MR) is 131 cm³/mol. The quantitative estimate of drug-likeness (QED) is 0.584. The summed E-state index contributed by atoms with van der Waals surface area (Å²) in [5, 5.41) is 2.80. The van der Waals surface area contributed by atoms with Crippen molar-refractivity contribution in [2.24, 2.45) is 11.3 Å². The van der Waals surface area contributed by atoms with Gasteiger partial charge in [0.15, 0.2) is 0 Å². The minimum Gasteiger partial charge on any atom is -0.371 e. The molecule has 2 saturated heterocycles. The molecule has 0 aromatic heterocycles. The molecule has 2 aromatic carbocycles. The van der Waals surface area contributed by atoms with Crippen molar-refractivity contribution in [1.29, 1.82) is 0 Å². The molecule has 2 aliphatic heterocycles. The van der Waals surface area contributed by atoms with E-state index in [1.807, 2.05) is 43.9 Å². The monoisotopic (exact) mass is 487 g/mol. The van der Waals surface area contributed by atoms with Gasteiger partial charge in [0.2, 0.25) is 11.8 Å². The lowest BCUT2D eigenvalue weighted by molar-refractivity contribution is -0.137. The highest BCUT2D eigenvalue weighted by atomic mass is 19.4. The van der Waals surface area contributed by atoms with Gasteiger partial charge in [-0.2, -0.15) is 13.2 Å². The van der Waals surface area contributed by atoms with Crippen LogP contribution in [-0.4, -0.2) is 31.4 Å². The molecule has 1 unspecified atom stereocenters. The average molecular weight is 488 g/mol. The first-order chi connectivity index (χ1) is 16.5. The van der Waals surface area contributed by atoms with Crippen molar-refractivity contribution in [1.82, 2.24) is 5.32 Å². The number of benzene rings is 2. The van der Waals surface area contributed by atoms with Crippen molar-refractivity contribution in [3.63, 3.8) is 0 Å². The van der Waals surface area contributed by atoms with Crippen LogP contribution >= 0.6 is 0 Å². The van der Waals surface area contributed by atoms with Crippen molar-refractivity contribution >= 4 is 28.9 Å². The number of nitrogens with zero attached hydrogens (tertiary/aromatic N) is 2. The number of carbonyl (C=O) groups excluding carboxylic acids is 2. The molecule has 0 saturated carbocycles. The Morgan fingerprint density at radius 1 is 1.14 bits per heavy atom. The molecule has 1 N–H and O–H groups in total. The van der Waals surface area contributed by atoms with Gasteiger partial charge in [0.05, 0.1) is 28.3 Å². The fourth-order valence-electron chi connectivity index (χ4n) is 5.42. The minimum absolute atomic E-state index is 0.154. The molecule has 0 spiro atoms. The first kappa shape index (κ1) is 25.1. The Bertz CT molecular complexity index is 1120. The van der Waals surface area contributed by atoms with E-state index in [1.54, 1.807) is 13.0 Å². The first-order valence-electron chi connectivity index (χ1n) is 12.2. The van der Waals surface area contributed by atoms with Crippen LogP contribution < -0.4 is 15.1 Å². The molecule has 0 radical (unpaired) electrons. The summed E-state index contributed by atoms with van der Waals surface area (Å²) in [6, 6.07) is 9.46. The zero-order chi connectivity index (χ0) is 25.5. The summed E-state index contributed by atoms with van der Waals surface area (Å²) in [6.45, 7) is 8.75. The summed E-state index contributed by atoms with van der Waals surface area (Å²) in [4.78, 5) is 30.2. The maximum Gasteiger partial charge on any atom is 0.416 e. The van der Waals surface area contributed by atoms with E-state index in [2.05, 4.69) is 5.32 Å². The molecule has 0 aliphatic carbocycles. The number of nitrogens with one attached hydrogen (secondary N) is 1. The van der Waals surface area contributed by atoms with Gasteiger partial charge in [-0.1, -0.05) is 32.0 Å². The largest absolute Gasteiger partial charge is 0.416 e. The number of carbonyl (C=O) groups is 2. The molecule has 4 rings (SSSR count). The maximum atomic E-state index is 14.4. The summed E-state index contributed by atoms with van der Waals surface area (Å²) >= 11 is 0. The molecule has 2 heterocycles. The Kier molecular flexibility index (Phi) is 6.60. The molecule has 2 atom stereocenters. The normalized spacial score (nSPS) is 22.4. The smallest absolute Gasteiger partial charge is 0.371 e. The Balaban J connectivity index is 1.97. The number of amides is 2. The van der Waals surface area contributed by atoms with Gasteiger partial charge < -0.3 is 10.2 Å². The highest BCUT2D eigenvalue weighted by molar-refractivity contribution is 6.08. The van der Waals surface area contributed by atoms with Crippen molar-refractivity contribution in [3.8, 4) is 0 Å². The number of alkyl halides is 3. The molecule has 2 fully saturated rings. The highest BCUT2D eigenvalue weighted by Crippen LogP contribution is 2.45. The van der Waals surface area contributed by atoms with Gasteiger partial charge in [0.1, 0.15) is 0 Å². The van der Waals surface area contributed by atoms with Gasteiger partial charge in [-0.25, -0.2) is 0 Å². The fraction of sp³-hybridized carbons (Fsp3) is 0.481. The second-order valence-electron chi connectivity index (χ2n) is 9.76. The van der Waals surface area contributed by atoms with Gasteiger partial charge in [-0.3, -0.25) is 14.5 Å². The zero-order valence-electron chi connectivity index (χ0n) is 20.6. The standard InChI is InChI=1S/C27H32F3N3O2/c1-5-26(16-31-24(34)19(26)4)25(35)33(23-17(2)9-8-10-18(23)3)22-14-20(27(28,29)30)13-21(15-22)32-11-6-7-12-32/h8-10,13-15,19H,5-7,11-12,16H2,1-4H3,(H,31,34)/t19?,26-/m1/s1. The van der Waals surface area contributed by atoms with Crippen LogP contribution in [0.5, 0.6) is 0 Å². The van der Waals surface area contributed by atoms with E-state index >= 15 is 0 Å². The minimum atomic E-state index is -4.57. The van der Waals surface area contributed by atoms with Crippen LogP contribution in [0.2, 0.25) is 0 Å². The number of hydrogen-bond acceptors (Lipinski definition) is 3. The molecular formula is C27H32F3N3O2. The number of hydrogen-bond donors (Lipinski definition) is 1. The van der Waals surface area contributed by atoms with Gasteiger partial charge in [-0.15, -0.1) is 0 Å². The first-order valence-corrected chi connectivity index (χ1v) is 12.2. The van der Waals surface area contributed by atoms with Gasteiger partial charge >= 0.3 is 6.18 Å². The fourth-order valence-corrected chi connectivity index (χ4v) is 5.42. The summed E-state index contributed by atoms with van der Waals surface area (Å²) in [6.07, 6.45) is -2.36. The zero-order valence-corrected chi connectivity index (χ0v) is 20.6. The van der Waals surface area contributed by atoms with Crippen LogP contribution in [0.25, 0.3) is 0 Å². The second kappa shape index (κ2) is 9.21. The van der Waals surface area contributed by atoms with Crippen LogP contribution in [0.1, 0.15) is 49.8 Å². The second-order valence-corrected chi connectivity index (χ2v) is 9.76. The molecule has 8 heteroatoms. The third-order valence-electron chi connectivity index (χ3n) is 7.68. The molecule has 2 amide bonds. The number of para-hydroxylation sites is 1. The molecule has 5 nitrogen and oxygen atoms in total. The third kappa shape index (κ3) is 4.39. The van der Waals surface area contributed by atoms with Crippen LogP contribution in [0.3, 0.4) is 0 Å². The Labute approximate surface area is 204 Å². The van der Waals surface area contributed by atoms with E-state index in [1.165, 1.54) is 11.0 Å². The summed E-state index contributed by atoms with van der Waals surface area (Å²) < 4.78 is 42.1. The molecule has 0 bridgehead atoms. The van der Waals surface area contributed by atoms with E-state index in [4.69, 9.17) is 0 Å². The summed E-state index contributed by atoms with van der Waals surface area (Å²) in [5.41, 5.74) is 0.876. The van der Waals surface area contributed by atoms with Crippen molar-refractivity contribution in [2.45, 2.75) is 53.1 Å². The van der Waals surface area contributed by atoms with E-state index < -0.39 is 23.1 Å². The van der Waals surface area contributed by atoms with Gasteiger partial charge in [0, 0.05) is 25.3 Å². The van der Waals surface area contributed by atoms with E-state index in [9.17, 15) is 22.8 Å². The molecule has 35 heavy (non-hydrogen) atoms. The van der Waals surface area contributed by atoms with Crippen LogP contribution in [0.4, 0.5) is 30.2 Å². The van der Waals surface area contributed by atoms with Crippen molar-refractivity contribution < 1.29 is 22.8 Å². The Morgan fingerprint density at radius 3 is 2.29 bits per heavy atom. The highest BCUT2D eigenvalue weighted by Gasteiger charge is 2.52. The van der Waals surface area contributed by atoms with Gasteiger partial charge in [-0.05, 0) is 62.4 Å². The Morgan fingerprint density at radius 2 is 1.77 bits per heavy atom. The lowest BCUT2D eigenvalue weighted by Crippen LogP contribution is -2.46. The van der Waals surface area contributed by atoms with E-state index in [-0.39, 0.29) is 24.0 Å². The number of rotatable bonds is 5. The van der Waals surface area contributed by atoms with Crippen LogP contribution in [0, 0.1) is 25.2 Å². The van der Waals surface area contributed by atoms with Gasteiger partial charge in [0.25, 0.3) is 0 Å². The van der Waals surface area contributed by atoms with E-state index in [0.717, 1.165) is 30.0 Å². The van der Waals surface area contributed by atoms with Crippen LogP contribution in [-0.2, 0) is 15.8 Å². The number of anilines is 3.